The number of phenolic OH excluding ortho intramolecular Hbond substituents is 1. The first kappa shape index (κ1) is 19.3. The summed E-state index contributed by atoms with van der Waals surface area (Å²) in [5.74, 6) is 0.619. The molecule has 0 aliphatic carbocycles. The van der Waals surface area contributed by atoms with Crippen LogP contribution in [0, 0.1) is 0 Å². The molecule has 2 N–H and O–H groups in total. The molecule has 2 aromatic heterocycles. The third-order valence-corrected chi connectivity index (χ3v) is 5.13. The fraction of sp³-hybridized carbons (Fsp3) is 0.429. The largest absolute Gasteiger partial charge is 0.507 e. The molecule has 3 heterocycles. The minimum atomic E-state index is -0.129. The minimum absolute atomic E-state index is 0.0465. The second kappa shape index (κ2) is 7.11. The number of benzene rings is 1. The first-order valence-corrected chi connectivity index (χ1v) is 9.76. The van der Waals surface area contributed by atoms with Crippen molar-refractivity contribution in [3.63, 3.8) is 0 Å². The Morgan fingerprint density at radius 3 is 2.72 bits per heavy atom. The van der Waals surface area contributed by atoms with Crippen molar-refractivity contribution in [2.24, 2.45) is 7.05 Å². The van der Waals surface area contributed by atoms with E-state index in [1.165, 1.54) is 4.57 Å². The van der Waals surface area contributed by atoms with Gasteiger partial charge in [-0.3, -0.25) is 4.79 Å². The summed E-state index contributed by atoms with van der Waals surface area (Å²) in [6.07, 6.45) is 4.30. The van der Waals surface area contributed by atoms with Crippen molar-refractivity contribution in [1.29, 1.82) is 0 Å². The van der Waals surface area contributed by atoms with Gasteiger partial charge >= 0.3 is 0 Å². The number of pyridine rings is 1. The summed E-state index contributed by atoms with van der Waals surface area (Å²) in [6.45, 7) is 8.17. The number of hydrogen-bond donors (Lipinski definition) is 2. The first-order valence-electron chi connectivity index (χ1n) is 9.76. The highest BCUT2D eigenvalue weighted by Crippen LogP contribution is 2.31. The normalized spacial score (nSPS) is 17.2. The maximum absolute atomic E-state index is 12.4. The van der Waals surface area contributed by atoms with Gasteiger partial charge in [-0.15, -0.1) is 10.2 Å². The molecule has 1 aliphatic heterocycles. The second-order valence-electron chi connectivity index (χ2n) is 8.66. The van der Waals surface area contributed by atoms with Gasteiger partial charge in [0.05, 0.1) is 6.20 Å². The molecule has 0 saturated carbocycles. The SMILES string of the molecule is Cn1ccc2cc(O)c(-c3cnc(N4CC[C@@H](NC(C)(C)C)C4)nn3)cc2c1=O. The highest BCUT2D eigenvalue weighted by atomic mass is 16.3. The van der Waals surface area contributed by atoms with Gasteiger partial charge in [-0.25, -0.2) is 4.98 Å². The Balaban J connectivity index is 1.59. The quantitative estimate of drug-likeness (QED) is 0.702. The molecule has 1 aliphatic rings. The third-order valence-electron chi connectivity index (χ3n) is 5.13. The number of nitrogens with zero attached hydrogens (tertiary/aromatic N) is 5. The van der Waals surface area contributed by atoms with Crippen molar-refractivity contribution in [3.05, 3.63) is 40.9 Å². The molecule has 0 spiro atoms. The van der Waals surface area contributed by atoms with Crippen LogP contribution in [-0.4, -0.2) is 49.5 Å². The smallest absolute Gasteiger partial charge is 0.258 e. The number of nitrogens with one attached hydrogen (secondary N) is 1. The number of aryl methyl sites for hydroxylation is 1. The van der Waals surface area contributed by atoms with Gasteiger partial charge in [-0.1, -0.05) is 0 Å². The fourth-order valence-electron chi connectivity index (χ4n) is 3.79. The van der Waals surface area contributed by atoms with Crippen molar-refractivity contribution in [2.45, 2.75) is 38.8 Å². The summed E-state index contributed by atoms with van der Waals surface area (Å²) in [5, 5.41) is 23.8. The molecule has 0 radical (unpaired) electrons. The molecule has 1 aromatic carbocycles. The Morgan fingerprint density at radius 1 is 1.24 bits per heavy atom. The maximum Gasteiger partial charge on any atom is 0.258 e. The lowest BCUT2D eigenvalue weighted by Gasteiger charge is -2.25. The van der Waals surface area contributed by atoms with E-state index in [1.807, 2.05) is 0 Å². The van der Waals surface area contributed by atoms with Crippen molar-refractivity contribution in [3.8, 4) is 17.0 Å². The minimum Gasteiger partial charge on any atom is -0.507 e. The van der Waals surface area contributed by atoms with E-state index in [9.17, 15) is 9.90 Å². The Labute approximate surface area is 169 Å². The highest BCUT2D eigenvalue weighted by Gasteiger charge is 2.27. The third kappa shape index (κ3) is 3.93. The van der Waals surface area contributed by atoms with Gasteiger partial charge in [-0.2, -0.15) is 0 Å². The number of rotatable bonds is 3. The Bertz CT molecular complexity index is 1100. The molecular weight excluding hydrogens is 368 g/mol. The molecule has 3 aromatic rings. The molecule has 1 fully saturated rings. The second-order valence-corrected chi connectivity index (χ2v) is 8.66. The molecule has 0 bridgehead atoms. The number of phenols is 1. The summed E-state index contributed by atoms with van der Waals surface area (Å²) in [7, 11) is 1.70. The van der Waals surface area contributed by atoms with Crippen LogP contribution in [0.5, 0.6) is 5.75 Å². The highest BCUT2D eigenvalue weighted by molar-refractivity contribution is 5.89. The van der Waals surface area contributed by atoms with Gasteiger partial charge < -0.3 is 19.9 Å². The summed E-state index contributed by atoms with van der Waals surface area (Å²) in [6, 6.07) is 5.41. The molecular formula is C21H26N6O2. The maximum atomic E-state index is 12.4. The molecule has 0 unspecified atom stereocenters. The molecule has 8 nitrogen and oxygen atoms in total. The monoisotopic (exact) mass is 394 g/mol. The zero-order valence-corrected chi connectivity index (χ0v) is 17.2. The van der Waals surface area contributed by atoms with E-state index in [2.05, 4.69) is 46.2 Å². The number of hydrogen-bond acceptors (Lipinski definition) is 7. The van der Waals surface area contributed by atoms with Crippen molar-refractivity contribution in [2.75, 3.05) is 18.0 Å². The van der Waals surface area contributed by atoms with Crippen LogP contribution in [0.3, 0.4) is 0 Å². The summed E-state index contributed by atoms with van der Waals surface area (Å²) < 4.78 is 1.51. The van der Waals surface area contributed by atoms with Gasteiger partial charge in [0.1, 0.15) is 11.4 Å². The van der Waals surface area contributed by atoms with Crippen molar-refractivity contribution in [1.82, 2.24) is 25.1 Å². The average Bonchev–Trinajstić information content (AvgIpc) is 3.11. The van der Waals surface area contributed by atoms with Gasteiger partial charge in [0.25, 0.3) is 5.56 Å². The van der Waals surface area contributed by atoms with E-state index in [4.69, 9.17) is 0 Å². The zero-order chi connectivity index (χ0) is 20.8. The molecule has 0 amide bonds. The van der Waals surface area contributed by atoms with Crippen molar-refractivity contribution >= 4 is 16.7 Å². The van der Waals surface area contributed by atoms with E-state index in [0.717, 1.165) is 19.5 Å². The van der Waals surface area contributed by atoms with Crippen LogP contribution in [0.4, 0.5) is 5.95 Å². The van der Waals surface area contributed by atoms with Crippen molar-refractivity contribution < 1.29 is 5.11 Å². The average molecular weight is 394 g/mol. The van der Waals surface area contributed by atoms with Gasteiger partial charge in [0.2, 0.25) is 5.95 Å². The molecule has 8 heteroatoms. The van der Waals surface area contributed by atoms with Crippen LogP contribution in [-0.2, 0) is 7.05 Å². The molecule has 1 saturated heterocycles. The zero-order valence-electron chi connectivity index (χ0n) is 17.2. The lowest BCUT2D eigenvalue weighted by atomic mass is 10.1. The van der Waals surface area contributed by atoms with Crippen LogP contribution in [0.15, 0.2) is 35.4 Å². The van der Waals surface area contributed by atoms with Crippen LogP contribution < -0.4 is 15.8 Å². The van der Waals surface area contributed by atoms with E-state index < -0.39 is 0 Å². The van der Waals surface area contributed by atoms with Crippen LogP contribution in [0.2, 0.25) is 0 Å². The first-order chi connectivity index (χ1) is 13.7. The number of fused-ring (bicyclic) bond motifs is 1. The number of anilines is 1. The van der Waals surface area contributed by atoms with Gasteiger partial charge in [-0.05, 0) is 50.8 Å². The molecule has 29 heavy (non-hydrogen) atoms. The fourth-order valence-corrected chi connectivity index (χ4v) is 3.79. The lowest BCUT2D eigenvalue weighted by molar-refractivity contribution is 0.373. The van der Waals surface area contributed by atoms with E-state index >= 15 is 0 Å². The molecule has 4 rings (SSSR count). The summed E-state index contributed by atoms with van der Waals surface area (Å²) in [4.78, 5) is 19.0. The van der Waals surface area contributed by atoms with E-state index in [-0.39, 0.29) is 16.8 Å². The van der Waals surface area contributed by atoms with Crippen LogP contribution >= 0.6 is 0 Å². The van der Waals surface area contributed by atoms with Gasteiger partial charge in [0.15, 0.2) is 0 Å². The predicted octanol–water partition coefficient (Wildman–Crippen LogP) is 2.06. The Morgan fingerprint density at radius 2 is 2.03 bits per heavy atom. The van der Waals surface area contributed by atoms with Crippen LogP contribution in [0.25, 0.3) is 22.0 Å². The molecule has 1 atom stereocenters. The predicted molar refractivity (Wildman–Crippen MR) is 113 cm³/mol. The van der Waals surface area contributed by atoms with E-state index in [0.29, 0.717) is 34.0 Å². The number of aromatic hydroxyl groups is 1. The number of aromatic nitrogens is 4. The van der Waals surface area contributed by atoms with Gasteiger partial charge in [0, 0.05) is 48.9 Å². The summed E-state index contributed by atoms with van der Waals surface area (Å²) >= 11 is 0. The topological polar surface area (TPSA) is 96.2 Å². The summed E-state index contributed by atoms with van der Waals surface area (Å²) in [5.41, 5.74) is 0.813. The Hall–Kier alpha value is -3.00. The Kier molecular flexibility index (Phi) is 4.74. The lowest BCUT2D eigenvalue weighted by Crippen LogP contribution is -2.45. The standard InChI is InChI=1S/C21H26N6O2/c1-21(2,3)23-14-6-8-27(12-14)20-22-11-17(24-25-20)16-10-15-13(9-18(16)28)5-7-26(4)19(15)29/h5,7,9-11,14,23,28H,6,8,12H2,1-4H3/t14-/m1/s1. The molecule has 152 valence electrons. The van der Waals surface area contributed by atoms with Crippen LogP contribution in [0.1, 0.15) is 27.2 Å². The van der Waals surface area contributed by atoms with E-state index in [1.54, 1.807) is 37.6 Å².